The SMILES string of the molecule is BrC(c1ccc(I)cc1)c1ccc2c(c1)CCC2. The second-order valence-electron chi connectivity index (χ2n) is 4.80. The van der Waals surface area contributed by atoms with Gasteiger partial charge in [0.15, 0.2) is 0 Å². The van der Waals surface area contributed by atoms with Crippen molar-refractivity contribution < 1.29 is 0 Å². The summed E-state index contributed by atoms with van der Waals surface area (Å²) in [6.07, 6.45) is 3.82. The minimum atomic E-state index is 0.306. The normalized spacial score (nSPS) is 15.4. The second-order valence-corrected chi connectivity index (χ2v) is 6.96. The molecule has 0 amide bonds. The van der Waals surface area contributed by atoms with Crippen molar-refractivity contribution in [1.29, 1.82) is 0 Å². The molecule has 1 aliphatic carbocycles. The number of alkyl halides is 1. The molecule has 0 nitrogen and oxygen atoms in total. The van der Waals surface area contributed by atoms with Gasteiger partial charge in [0.2, 0.25) is 0 Å². The Labute approximate surface area is 130 Å². The first kappa shape index (κ1) is 12.7. The molecular weight excluding hydrogens is 399 g/mol. The van der Waals surface area contributed by atoms with Gasteiger partial charge < -0.3 is 0 Å². The highest BCUT2D eigenvalue weighted by Gasteiger charge is 2.15. The fourth-order valence-electron chi connectivity index (χ4n) is 2.57. The maximum atomic E-state index is 3.82. The topological polar surface area (TPSA) is 0 Å². The highest BCUT2D eigenvalue weighted by atomic mass is 127. The van der Waals surface area contributed by atoms with Crippen molar-refractivity contribution in [1.82, 2.24) is 0 Å². The fourth-order valence-corrected chi connectivity index (χ4v) is 3.52. The molecule has 18 heavy (non-hydrogen) atoms. The van der Waals surface area contributed by atoms with Crippen molar-refractivity contribution in [2.24, 2.45) is 0 Å². The zero-order valence-electron chi connectivity index (χ0n) is 10.00. The van der Waals surface area contributed by atoms with E-state index in [2.05, 4.69) is 81.0 Å². The molecule has 1 aliphatic rings. The number of hydrogen-bond donors (Lipinski definition) is 0. The summed E-state index contributed by atoms with van der Waals surface area (Å²) in [5.74, 6) is 0. The number of rotatable bonds is 2. The second kappa shape index (κ2) is 5.33. The van der Waals surface area contributed by atoms with Gasteiger partial charge in [0.1, 0.15) is 0 Å². The van der Waals surface area contributed by atoms with Crippen molar-refractivity contribution in [3.63, 3.8) is 0 Å². The largest absolute Gasteiger partial charge is 0.0786 e. The van der Waals surface area contributed by atoms with E-state index in [-0.39, 0.29) is 0 Å². The summed E-state index contributed by atoms with van der Waals surface area (Å²) in [6, 6.07) is 15.7. The first-order valence-electron chi connectivity index (χ1n) is 6.25. The monoisotopic (exact) mass is 412 g/mol. The van der Waals surface area contributed by atoms with Crippen molar-refractivity contribution in [2.75, 3.05) is 0 Å². The van der Waals surface area contributed by atoms with E-state index in [1.807, 2.05) is 0 Å². The molecule has 0 fully saturated rings. The maximum absolute atomic E-state index is 3.82. The third-order valence-electron chi connectivity index (χ3n) is 3.58. The van der Waals surface area contributed by atoms with Crippen LogP contribution >= 0.6 is 38.5 Å². The van der Waals surface area contributed by atoms with Crippen molar-refractivity contribution in [3.8, 4) is 0 Å². The van der Waals surface area contributed by atoms with Gasteiger partial charge in [-0.05, 0) is 76.2 Å². The predicted molar refractivity (Wildman–Crippen MR) is 88.4 cm³/mol. The smallest absolute Gasteiger partial charge is 0.0644 e. The predicted octanol–water partition coefficient (Wildman–Crippen LogP) is 5.26. The Bertz CT molecular complexity index is 560. The molecule has 0 radical (unpaired) electrons. The number of halogens is 2. The molecule has 92 valence electrons. The van der Waals surface area contributed by atoms with Crippen LogP contribution in [0, 0.1) is 3.57 Å². The van der Waals surface area contributed by atoms with Crippen LogP contribution in [0.25, 0.3) is 0 Å². The summed E-state index contributed by atoms with van der Waals surface area (Å²) in [5, 5.41) is 0. The van der Waals surface area contributed by atoms with E-state index in [1.165, 1.54) is 34.0 Å². The lowest BCUT2D eigenvalue weighted by Crippen LogP contribution is -1.94. The van der Waals surface area contributed by atoms with E-state index in [4.69, 9.17) is 0 Å². The van der Waals surface area contributed by atoms with Crippen molar-refractivity contribution in [2.45, 2.75) is 24.1 Å². The zero-order valence-corrected chi connectivity index (χ0v) is 13.7. The Balaban J connectivity index is 1.92. The molecule has 1 unspecified atom stereocenters. The molecule has 0 saturated heterocycles. The maximum Gasteiger partial charge on any atom is 0.0644 e. The first-order chi connectivity index (χ1) is 8.74. The molecule has 0 saturated carbocycles. The van der Waals surface area contributed by atoms with Crippen molar-refractivity contribution >= 4 is 38.5 Å². The van der Waals surface area contributed by atoms with Gasteiger partial charge in [-0.15, -0.1) is 0 Å². The van der Waals surface area contributed by atoms with Crippen LogP contribution in [0.4, 0.5) is 0 Å². The molecule has 1 atom stereocenters. The molecule has 2 aromatic carbocycles. The third-order valence-corrected chi connectivity index (χ3v) is 5.35. The average Bonchev–Trinajstić information content (AvgIpc) is 2.86. The zero-order chi connectivity index (χ0) is 12.5. The lowest BCUT2D eigenvalue weighted by molar-refractivity contribution is 0.911. The quantitative estimate of drug-likeness (QED) is 0.466. The van der Waals surface area contributed by atoms with Crippen molar-refractivity contribution in [3.05, 3.63) is 68.3 Å². The Morgan fingerprint density at radius 2 is 1.56 bits per heavy atom. The van der Waals surface area contributed by atoms with Gasteiger partial charge in [0, 0.05) is 3.57 Å². The summed E-state index contributed by atoms with van der Waals surface area (Å²) in [6.45, 7) is 0. The summed E-state index contributed by atoms with van der Waals surface area (Å²) in [4.78, 5) is 0.306. The first-order valence-corrected chi connectivity index (χ1v) is 8.25. The van der Waals surface area contributed by atoms with Gasteiger partial charge in [-0.25, -0.2) is 0 Å². The summed E-state index contributed by atoms with van der Waals surface area (Å²) < 4.78 is 1.28. The molecule has 0 aliphatic heterocycles. The lowest BCUT2D eigenvalue weighted by atomic mass is 10.0. The molecule has 0 bridgehead atoms. The van der Waals surface area contributed by atoms with Gasteiger partial charge in [-0.3, -0.25) is 0 Å². The van der Waals surface area contributed by atoms with Gasteiger partial charge >= 0.3 is 0 Å². The van der Waals surface area contributed by atoms with Crippen LogP contribution in [0.1, 0.15) is 33.5 Å². The molecule has 3 rings (SSSR count). The van der Waals surface area contributed by atoms with Crippen LogP contribution < -0.4 is 0 Å². The molecular formula is C16H14BrI. The van der Waals surface area contributed by atoms with E-state index in [0.29, 0.717) is 4.83 Å². The molecule has 2 heteroatoms. The Morgan fingerprint density at radius 3 is 2.33 bits per heavy atom. The van der Waals surface area contributed by atoms with E-state index in [1.54, 1.807) is 11.1 Å². The highest BCUT2D eigenvalue weighted by Crippen LogP contribution is 2.33. The Kier molecular flexibility index (Phi) is 3.76. The third kappa shape index (κ3) is 2.50. The summed E-state index contributed by atoms with van der Waals surface area (Å²) >= 11 is 6.17. The summed E-state index contributed by atoms with van der Waals surface area (Å²) in [5.41, 5.74) is 5.79. The van der Waals surface area contributed by atoms with Crippen LogP contribution in [0.15, 0.2) is 42.5 Å². The number of benzene rings is 2. The van der Waals surface area contributed by atoms with Crippen LogP contribution in [0.3, 0.4) is 0 Å². The van der Waals surface area contributed by atoms with Gasteiger partial charge in [0.05, 0.1) is 4.83 Å². The molecule has 2 aromatic rings. The summed E-state index contributed by atoms with van der Waals surface area (Å²) in [7, 11) is 0. The minimum absolute atomic E-state index is 0.306. The number of aryl methyl sites for hydroxylation is 2. The molecule has 0 heterocycles. The minimum Gasteiger partial charge on any atom is -0.0786 e. The van der Waals surface area contributed by atoms with Gasteiger partial charge in [-0.2, -0.15) is 0 Å². The van der Waals surface area contributed by atoms with E-state index >= 15 is 0 Å². The molecule has 0 N–H and O–H groups in total. The van der Waals surface area contributed by atoms with Crippen LogP contribution in [-0.2, 0) is 12.8 Å². The van der Waals surface area contributed by atoms with Crippen LogP contribution in [-0.4, -0.2) is 0 Å². The standard InChI is InChI=1S/C16H14BrI/c17-16(12-6-8-15(18)9-7-12)14-5-4-11-2-1-3-13(11)10-14/h4-10,16H,1-3H2. The fraction of sp³-hybridized carbons (Fsp3) is 0.250. The van der Waals surface area contributed by atoms with E-state index < -0.39 is 0 Å². The molecule has 0 spiro atoms. The van der Waals surface area contributed by atoms with Crippen LogP contribution in [0.5, 0.6) is 0 Å². The average molecular weight is 413 g/mol. The number of hydrogen-bond acceptors (Lipinski definition) is 0. The number of fused-ring (bicyclic) bond motifs is 1. The Morgan fingerprint density at radius 1 is 0.889 bits per heavy atom. The van der Waals surface area contributed by atoms with E-state index in [9.17, 15) is 0 Å². The van der Waals surface area contributed by atoms with Gasteiger partial charge in [0.25, 0.3) is 0 Å². The highest BCUT2D eigenvalue weighted by molar-refractivity contribution is 14.1. The molecule has 0 aromatic heterocycles. The van der Waals surface area contributed by atoms with E-state index in [0.717, 1.165) is 0 Å². The van der Waals surface area contributed by atoms with Crippen LogP contribution in [0.2, 0.25) is 0 Å². The Hall–Kier alpha value is -0.350. The lowest BCUT2D eigenvalue weighted by Gasteiger charge is -2.12. The van der Waals surface area contributed by atoms with Gasteiger partial charge in [-0.1, -0.05) is 46.3 Å².